The van der Waals surface area contributed by atoms with Crippen molar-refractivity contribution in [2.24, 2.45) is 0 Å². The third-order valence-electron chi connectivity index (χ3n) is 2.17. The maximum absolute atomic E-state index is 10.2. The fourth-order valence-corrected chi connectivity index (χ4v) is 1.37. The van der Waals surface area contributed by atoms with Gasteiger partial charge in [0.05, 0.1) is 6.10 Å². The number of aliphatic hydroxyl groups is 1. The molecule has 0 aliphatic rings. The van der Waals surface area contributed by atoms with E-state index in [2.05, 4.69) is 0 Å². The predicted octanol–water partition coefficient (Wildman–Crippen LogP) is -2.44. The molecule has 1 atom stereocenters. The number of carboxylic acids is 1. The molecule has 0 unspecified atom stereocenters. The molecular weight excluding hydrogens is 203 g/mol. The van der Waals surface area contributed by atoms with E-state index in [0.29, 0.717) is 0 Å². The van der Waals surface area contributed by atoms with Crippen molar-refractivity contribution in [2.45, 2.75) is 25.9 Å². The molecular formula is C11H13NaO3. The van der Waals surface area contributed by atoms with Crippen molar-refractivity contribution in [1.82, 2.24) is 0 Å². The first-order valence-corrected chi connectivity index (χ1v) is 4.54. The molecule has 0 aliphatic heterocycles. The van der Waals surface area contributed by atoms with Crippen molar-refractivity contribution in [3.8, 4) is 0 Å². The van der Waals surface area contributed by atoms with Crippen LogP contribution in [0.4, 0.5) is 0 Å². The van der Waals surface area contributed by atoms with Crippen LogP contribution in [0.3, 0.4) is 0 Å². The van der Waals surface area contributed by atoms with Crippen molar-refractivity contribution >= 4 is 5.97 Å². The summed E-state index contributed by atoms with van der Waals surface area (Å²) in [6.07, 6.45) is -0.628. The molecule has 1 N–H and O–H groups in total. The second kappa shape index (κ2) is 7.01. The Labute approximate surface area is 111 Å². The zero-order chi connectivity index (χ0) is 10.6. The topological polar surface area (TPSA) is 60.4 Å². The van der Waals surface area contributed by atoms with Crippen LogP contribution in [0.25, 0.3) is 0 Å². The summed E-state index contributed by atoms with van der Waals surface area (Å²) >= 11 is 0. The molecule has 0 aliphatic carbocycles. The van der Waals surface area contributed by atoms with Crippen LogP contribution in [0, 0.1) is 6.92 Å². The maximum Gasteiger partial charge on any atom is 1.00 e. The van der Waals surface area contributed by atoms with Crippen molar-refractivity contribution in [3.63, 3.8) is 0 Å². The zero-order valence-electron chi connectivity index (χ0n) is 9.06. The average Bonchev–Trinajstić information content (AvgIpc) is 2.15. The van der Waals surface area contributed by atoms with Crippen molar-refractivity contribution < 1.29 is 44.6 Å². The fourth-order valence-electron chi connectivity index (χ4n) is 1.37. The van der Waals surface area contributed by atoms with Crippen LogP contribution in [-0.4, -0.2) is 11.1 Å². The predicted molar refractivity (Wildman–Crippen MR) is 50.4 cm³/mol. The van der Waals surface area contributed by atoms with Gasteiger partial charge < -0.3 is 15.0 Å². The Morgan fingerprint density at radius 1 is 1.47 bits per heavy atom. The Balaban J connectivity index is 0.00000196. The standard InChI is InChI=1S/C11H14O3.Na/c1-8-4-2-3-5-9(8)10(12)6-7-11(13)14;/h2-5,10,12H,6-7H2,1H3,(H,13,14);/q;+1/p-1/t10-;/m1./s1. The monoisotopic (exact) mass is 216 g/mol. The molecule has 1 rings (SSSR count). The van der Waals surface area contributed by atoms with Gasteiger partial charge in [0.1, 0.15) is 0 Å². The van der Waals surface area contributed by atoms with Gasteiger partial charge in [-0.05, 0) is 30.9 Å². The summed E-state index contributed by atoms with van der Waals surface area (Å²) in [4.78, 5) is 10.2. The van der Waals surface area contributed by atoms with Crippen LogP contribution in [0.1, 0.15) is 30.1 Å². The number of hydrogen-bond acceptors (Lipinski definition) is 3. The number of aliphatic hydroxyl groups excluding tert-OH is 1. The van der Waals surface area contributed by atoms with Crippen molar-refractivity contribution in [2.75, 3.05) is 0 Å². The first-order valence-electron chi connectivity index (χ1n) is 4.54. The van der Waals surface area contributed by atoms with Gasteiger partial charge in [0.2, 0.25) is 0 Å². The van der Waals surface area contributed by atoms with Gasteiger partial charge >= 0.3 is 29.6 Å². The number of carbonyl (C=O) groups excluding carboxylic acids is 1. The molecule has 76 valence electrons. The van der Waals surface area contributed by atoms with E-state index in [9.17, 15) is 15.0 Å². The van der Waals surface area contributed by atoms with Gasteiger partial charge in [-0.3, -0.25) is 0 Å². The quantitative estimate of drug-likeness (QED) is 0.569. The maximum atomic E-state index is 10.2. The molecule has 4 heteroatoms. The van der Waals surface area contributed by atoms with E-state index in [4.69, 9.17) is 0 Å². The van der Waals surface area contributed by atoms with E-state index in [1.807, 2.05) is 25.1 Å². The number of carbonyl (C=O) groups is 1. The van der Waals surface area contributed by atoms with E-state index in [0.717, 1.165) is 11.1 Å². The zero-order valence-corrected chi connectivity index (χ0v) is 11.1. The smallest absolute Gasteiger partial charge is 0.550 e. The molecule has 15 heavy (non-hydrogen) atoms. The second-order valence-corrected chi connectivity index (χ2v) is 3.28. The van der Waals surface area contributed by atoms with Gasteiger partial charge in [-0.1, -0.05) is 24.3 Å². The van der Waals surface area contributed by atoms with E-state index >= 15 is 0 Å². The minimum atomic E-state index is -1.13. The molecule has 0 bridgehead atoms. The average molecular weight is 216 g/mol. The van der Waals surface area contributed by atoms with Crippen LogP contribution >= 0.6 is 0 Å². The molecule has 0 radical (unpaired) electrons. The number of hydrogen-bond donors (Lipinski definition) is 1. The second-order valence-electron chi connectivity index (χ2n) is 3.28. The van der Waals surface area contributed by atoms with E-state index in [1.54, 1.807) is 6.07 Å². The first-order chi connectivity index (χ1) is 6.61. The first kappa shape index (κ1) is 14.6. The van der Waals surface area contributed by atoms with E-state index < -0.39 is 12.1 Å². The Kier molecular flexibility index (Phi) is 6.85. The summed E-state index contributed by atoms with van der Waals surface area (Å²) in [5.41, 5.74) is 1.76. The molecule has 1 aromatic carbocycles. The molecule has 0 saturated heterocycles. The number of aryl methyl sites for hydroxylation is 1. The number of aliphatic carboxylic acids is 1. The number of carboxylic acid groups (broad SMARTS) is 1. The molecule has 3 nitrogen and oxygen atoms in total. The van der Waals surface area contributed by atoms with Gasteiger partial charge in [-0.15, -0.1) is 0 Å². The van der Waals surface area contributed by atoms with Gasteiger partial charge in [0, 0.05) is 5.97 Å². The molecule has 0 aromatic heterocycles. The normalized spacial score (nSPS) is 11.6. The summed E-state index contributed by atoms with van der Waals surface area (Å²) in [6.45, 7) is 1.89. The minimum Gasteiger partial charge on any atom is -0.550 e. The molecule has 0 amide bonds. The number of rotatable bonds is 4. The fraction of sp³-hybridized carbons (Fsp3) is 0.364. The SMILES string of the molecule is Cc1ccccc1[C@H](O)CCC(=O)[O-].[Na+]. The van der Waals surface area contributed by atoms with Gasteiger partial charge in [-0.25, -0.2) is 0 Å². The molecule has 0 spiro atoms. The van der Waals surface area contributed by atoms with Crippen LogP contribution < -0.4 is 34.7 Å². The Morgan fingerprint density at radius 3 is 2.60 bits per heavy atom. The third kappa shape index (κ3) is 4.80. The van der Waals surface area contributed by atoms with Gasteiger partial charge in [0.15, 0.2) is 0 Å². The summed E-state index contributed by atoms with van der Waals surface area (Å²) in [5, 5.41) is 19.9. The van der Waals surface area contributed by atoms with Crippen LogP contribution in [0.15, 0.2) is 24.3 Å². The van der Waals surface area contributed by atoms with Crippen molar-refractivity contribution in [1.29, 1.82) is 0 Å². The Hall–Kier alpha value is -0.350. The summed E-state index contributed by atoms with van der Waals surface area (Å²) in [7, 11) is 0. The van der Waals surface area contributed by atoms with Crippen LogP contribution in [0.2, 0.25) is 0 Å². The molecule has 0 fully saturated rings. The van der Waals surface area contributed by atoms with Gasteiger partial charge in [-0.2, -0.15) is 0 Å². The number of benzene rings is 1. The molecule has 0 saturated carbocycles. The largest absolute Gasteiger partial charge is 1.00 e. The minimum absolute atomic E-state index is 0. The summed E-state index contributed by atoms with van der Waals surface area (Å²) in [6, 6.07) is 7.39. The Morgan fingerprint density at radius 2 is 2.07 bits per heavy atom. The molecule has 1 aromatic rings. The summed E-state index contributed by atoms with van der Waals surface area (Å²) in [5.74, 6) is -1.13. The summed E-state index contributed by atoms with van der Waals surface area (Å²) < 4.78 is 0. The van der Waals surface area contributed by atoms with Crippen molar-refractivity contribution in [3.05, 3.63) is 35.4 Å². The Bertz CT molecular complexity index is 325. The third-order valence-corrected chi connectivity index (χ3v) is 2.17. The van der Waals surface area contributed by atoms with E-state index in [-0.39, 0.29) is 42.4 Å². The van der Waals surface area contributed by atoms with E-state index in [1.165, 1.54) is 0 Å². The van der Waals surface area contributed by atoms with Crippen LogP contribution in [0.5, 0.6) is 0 Å². The van der Waals surface area contributed by atoms with Crippen LogP contribution in [-0.2, 0) is 4.79 Å². The van der Waals surface area contributed by atoms with Gasteiger partial charge in [0.25, 0.3) is 0 Å². The molecule has 0 heterocycles.